The lowest BCUT2D eigenvalue weighted by atomic mass is 9.81. The van der Waals surface area contributed by atoms with Gasteiger partial charge in [0.15, 0.2) is 0 Å². The molecule has 0 bridgehead atoms. The third-order valence-electron chi connectivity index (χ3n) is 3.78. The number of halogens is 4. The third kappa shape index (κ3) is 5.21. The smallest absolute Gasteiger partial charge is 0.345 e. The van der Waals surface area contributed by atoms with Crippen LogP contribution in [0, 0.1) is 11.8 Å². The molecule has 0 radical (unpaired) electrons. The minimum absolute atomic E-state index is 0.00350. The van der Waals surface area contributed by atoms with E-state index in [0.717, 1.165) is 0 Å². The second kappa shape index (κ2) is 6.82. The molecule has 1 aliphatic rings. The van der Waals surface area contributed by atoms with Gasteiger partial charge in [-0.05, 0) is 39.0 Å². The fourth-order valence-corrected chi connectivity index (χ4v) is 2.56. The standard InChI is InChI=1S/C13H21ClF3NO/c1-9(14)7-8-18(2)12(19)10-3-5-11(6-4-10)13(15,16)17/h9-11H,3-8H2,1-2H3. The van der Waals surface area contributed by atoms with Gasteiger partial charge in [-0.25, -0.2) is 0 Å². The molecule has 1 unspecified atom stereocenters. The molecule has 0 saturated heterocycles. The van der Waals surface area contributed by atoms with Gasteiger partial charge in [0.25, 0.3) is 0 Å². The van der Waals surface area contributed by atoms with Gasteiger partial charge in [0.1, 0.15) is 0 Å². The van der Waals surface area contributed by atoms with E-state index in [2.05, 4.69) is 0 Å². The summed E-state index contributed by atoms with van der Waals surface area (Å²) in [4.78, 5) is 13.7. The van der Waals surface area contributed by atoms with E-state index in [4.69, 9.17) is 11.6 Å². The Balaban J connectivity index is 2.40. The maximum absolute atomic E-state index is 12.5. The Morgan fingerprint density at radius 1 is 1.32 bits per heavy atom. The first-order chi connectivity index (χ1) is 8.71. The predicted octanol–water partition coefficient (Wildman–Crippen LogP) is 3.83. The van der Waals surface area contributed by atoms with Crippen molar-refractivity contribution in [2.75, 3.05) is 13.6 Å². The van der Waals surface area contributed by atoms with Crippen molar-refractivity contribution in [2.24, 2.45) is 11.8 Å². The van der Waals surface area contributed by atoms with Crippen LogP contribution in [0.1, 0.15) is 39.0 Å². The molecule has 1 saturated carbocycles. The van der Waals surface area contributed by atoms with E-state index in [1.807, 2.05) is 6.92 Å². The van der Waals surface area contributed by atoms with Crippen LogP contribution in [0.4, 0.5) is 13.2 Å². The zero-order valence-electron chi connectivity index (χ0n) is 11.3. The minimum atomic E-state index is -4.12. The van der Waals surface area contributed by atoms with E-state index in [1.165, 1.54) is 0 Å². The Morgan fingerprint density at radius 2 is 1.84 bits per heavy atom. The summed E-state index contributed by atoms with van der Waals surface area (Å²) in [6.45, 7) is 2.41. The average molecular weight is 300 g/mol. The quantitative estimate of drug-likeness (QED) is 0.723. The molecule has 0 N–H and O–H groups in total. The van der Waals surface area contributed by atoms with Crippen molar-refractivity contribution in [3.8, 4) is 0 Å². The fourth-order valence-electron chi connectivity index (χ4n) is 2.46. The molecule has 6 heteroatoms. The summed E-state index contributed by atoms with van der Waals surface area (Å²) in [7, 11) is 1.69. The Morgan fingerprint density at radius 3 is 2.26 bits per heavy atom. The highest BCUT2D eigenvalue weighted by atomic mass is 35.5. The summed E-state index contributed by atoms with van der Waals surface area (Å²) in [6, 6.07) is 0. The summed E-state index contributed by atoms with van der Waals surface area (Å²) in [6.07, 6.45) is -2.61. The topological polar surface area (TPSA) is 20.3 Å². The van der Waals surface area contributed by atoms with Crippen LogP contribution >= 0.6 is 11.6 Å². The molecule has 2 nitrogen and oxygen atoms in total. The van der Waals surface area contributed by atoms with Crippen LogP contribution < -0.4 is 0 Å². The summed E-state index contributed by atoms with van der Waals surface area (Å²) >= 11 is 5.82. The maximum Gasteiger partial charge on any atom is 0.391 e. The highest BCUT2D eigenvalue weighted by molar-refractivity contribution is 6.20. The first-order valence-corrected chi connectivity index (χ1v) is 7.11. The van der Waals surface area contributed by atoms with E-state index in [1.54, 1.807) is 11.9 Å². The maximum atomic E-state index is 12.5. The summed E-state index contributed by atoms with van der Waals surface area (Å²) in [5.74, 6) is -1.53. The van der Waals surface area contributed by atoms with Gasteiger partial charge in [0.2, 0.25) is 5.91 Å². The Labute approximate surface area is 117 Å². The van der Waals surface area contributed by atoms with Crippen molar-refractivity contribution >= 4 is 17.5 Å². The van der Waals surface area contributed by atoms with Crippen LogP contribution in [0.15, 0.2) is 0 Å². The second-order valence-corrected chi connectivity index (χ2v) is 6.16. The van der Waals surface area contributed by atoms with E-state index < -0.39 is 12.1 Å². The van der Waals surface area contributed by atoms with Gasteiger partial charge < -0.3 is 4.90 Å². The highest BCUT2D eigenvalue weighted by Crippen LogP contribution is 2.39. The molecule has 112 valence electrons. The average Bonchev–Trinajstić information content (AvgIpc) is 2.34. The van der Waals surface area contributed by atoms with Gasteiger partial charge in [-0.15, -0.1) is 11.6 Å². The molecule has 19 heavy (non-hydrogen) atoms. The molecular weight excluding hydrogens is 279 g/mol. The first-order valence-electron chi connectivity index (χ1n) is 6.67. The first kappa shape index (κ1) is 16.6. The van der Waals surface area contributed by atoms with E-state index in [0.29, 0.717) is 25.8 Å². The van der Waals surface area contributed by atoms with Gasteiger partial charge in [-0.1, -0.05) is 0 Å². The minimum Gasteiger partial charge on any atom is -0.345 e. The second-order valence-electron chi connectivity index (χ2n) is 5.42. The van der Waals surface area contributed by atoms with Crippen molar-refractivity contribution in [2.45, 2.75) is 50.6 Å². The summed E-state index contributed by atoms with van der Waals surface area (Å²) in [5.41, 5.74) is 0. The van der Waals surface area contributed by atoms with Crippen molar-refractivity contribution in [1.29, 1.82) is 0 Å². The predicted molar refractivity (Wildman–Crippen MR) is 69.1 cm³/mol. The lowest BCUT2D eigenvalue weighted by Crippen LogP contribution is -2.38. The summed E-state index contributed by atoms with van der Waals surface area (Å²) < 4.78 is 37.6. The number of rotatable bonds is 4. The van der Waals surface area contributed by atoms with Crippen LogP contribution in [0.5, 0.6) is 0 Å². The van der Waals surface area contributed by atoms with E-state index in [-0.39, 0.29) is 30.0 Å². The molecule has 1 atom stereocenters. The number of alkyl halides is 4. The van der Waals surface area contributed by atoms with Crippen molar-refractivity contribution < 1.29 is 18.0 Å². The van der Waals surface area contributed by atoms with Gasteiger partial charge in [-0.3, -0.25) is 4.79 Å². The molecular formula is C13H21ClF3NO. The number of carbonyl (C=O) groups is 1. The number of hydrogen-bond donors (Lipinski definition) is 0. The largest absolute Gasteiger partial charge is 0.391 e. The third-order valence-corrected chi connectivity index (χ3v) is 4.00. The molecule has 1 fully saturated rings. The van der Waals surface area contributed by atoms with Crippen LogP contribution in [-0.4, -0.2) is 36.0 Å². The Kier molecular flexibility index (Phi) is 5.96. The van der Waals surface area contributed by atoms with Gasteiger partial charge in [0.05, 0.1) is 5.92 Å². The van der Waals surface area contributed by atoms with E-state index in [9.17, 15) is 18.0 Å². The van der Waals surface area contributed by atoms with Gasteiger partial charge in [-0.2, -0.15) is 13.2 Å². The van der Waals surface area contributed by atoms with Crippen LogP contribution in [-0.2, 0) is 4.79 Å². The number of amides is 1. The van der Waals surface area contributed by atoms with Gasteiger partial charge in [0, 0.05) is 24.9 Å². The van der Waals surface area contributed by atoms with Crippen LogP contribution in [0.3, 0.4) is 0 Å². The van der Waals surface area contributed by atoms with Crippen LogP contribution in [0.2, 0.25) is 0 Å². The Hall–Kier alpha value is -0.450. The molecule has 1 aliphatic carbocycles. The van der Waals surface area contributed by atoms with Crippen LogP contribution in [0.25, 0.3) is 0 Å². The zero-order chi connectivity index (χ0) is 14.6. The summed E-state index contributed by atoms with van der Waals surface area (Å²) in [5, 5.41) is -0.00350. The monoisotopic (exact) mass is 299 g/mol. The fraction of sp³-hybridized carbons (Fsp3) is 0.923. The SMILES string of the molecule is CC(Cl)CCN(C)C(=O)C1CCC(C(F)(F)F)CC1. The van der Waals surface area contributed by atoms with Gasteiger partial charge >= 0.3 is 6.18 Å². The molecule has 0 spiro atoms. The molecule has 1 amide bonds. The van der Waals surface area contributed by atoms with E-state index >= 15 is 0 Å². The lowest BCUT2D eigenvalue weighted by Gasteiger charge is -2.31. The molecule has 0 aromatic rings. The highest BCUT2D eigenvalue weighted by Gasteiger charge is 2.42. The number of hydrogen-bond acceptors (Lipinski definition) is 1. The lowest BCUT2D eigenvalue weighted by molar-refractivity contribution is -0.185. The Bertz CT molecular complexity index is 299. The molecule has 0 aromatic heterocycles. The molecule has 0 heterocycles. The van der Waals surface area contributed by atoms with Crippen molar-refractivity contribution in [3.05, 3.63) is 0 Å². The number of carbonyl (C=O) groups excluding carboxylic acids is 1. The number of nitrogens with zero attached hydrogens (tertiary/aromatic N) is 1. The molecule has 1 rings (SSSR count). The molecule has 0 aliphatic heterocycles. The molecule has 0 aromatic carbocycles. The van der Waals surface area contributed by atoms with Crippen molar-refractivity contribution in [3.63, 3.8) is 0 Å². The zero-order valence-corrected chi connectivity index (χ0v) is 12.1. The van der Waals surface area contributed by atoms with Crippen molar-refractivity contribution in [1.82, 2.24) is 4.90 Å². The normalized spacial score (nSPS) is 26.0.